The first-order chi connectivity index (χ1) is 17.7. The lowest BCUT2D eigenvalue weighted by molar-refractivity contribution is -0.139. The molecule has 2 aromatic carbocycles. The summed E-state index contributed by atoms with van der Waals surface area (Å²) in [6.07, 6.45) is 0.621. The molecule has 200 valence electrons. The van der Waals surface area contributed by atoms with Crippen molar-refractivity contribution in [2.75, 3.05) is 55.1 Å². The topological polar surface area (TPSA) is 97.8 Å². The molecule has 1 heterocycles. The van der Waals surface area contributed by atoms with Gasteiger partial charge in [0.1, 0.15) is 11.5 Å². The number of aliphatic hydroxyl groups is 1. The summed E-state index contributed by atoms with van der Waals surface area (Å²) in [5.41, 5.74) is 0.763. The number of ether oxygens (including phenoxy) is 4. The van der Waals surface area contributed by atoms with Gasteiger partial charge >= 0.3 is 0 Å². The number of nitrogens with zero attached hydrogens (tertiary/aromatic N) is 2. The maximum atomic E-state index is 13.3. The first-order valence-corrected chi connectivity index (χ1v) is 12.2. The van der Waals surface area contributed by atoms with E-state index in [1.165, 1.54) is 32.3 Å². The molecule has 2 aromatic rings. The number of ketones is 1. The summed E-state index contributed by atoms with van der Waals surface area (Å²) in [4.78, 5) is 30.0. The minimum absolute atomic E-state index is 0.0515. The first kappa shape index (κ1) is 28.1. The quantitative estimate of drug-likeness (QED) is 0.262. The van der Waals surface area contributed by atoms with Crippen molar-refractivity contribution in [3.8, 4) is 23.0 Å². The fraction of sp³-hybridized carbons (Fsp3) is 0.407. The Morgan fingerprint density at radius 2 is 1.68 bits per heavy atom. The van der Waals surface area contributed by atoms with Crippen LogP contribution in [0.1, 0.15) is 30.5 Å². The molecule has 0 saturated carbocycles. The highest BCUT2D eigenvalue weighted by molar-refractivity contribution is 6.46. The van der Waals surface area contributed by atoms with Crippen molar-refractivity contribution in [1.82, 2.24) is 9.80 Å². The lowest BCUT2D eigenvalue weighted by Crippen LogP contribution is -2.32. The Hall–Kier alpha value is -3.43. The van der Waals surface area contributed by atoms with Gasteiger partial charge < -0.3 is 33.9 Å². The number of rotatable bonds is 11. The van der Waals surface area contributed by atoms with Gasteiger partial charge in [0, 0.05) is 12.1 Å². The summed E-state index contributed by atoms with van der Waals surface area (Å²) in [5.74, 6) is -0.276. The molecule has 1 amide bonds. The van der Waals surface area contributed by atoms with E-state index in [0.29, 0.717) is 54.7 Å². The van der Waals surface area contributed by atoms with Crippen molar-refractivity contribution in [1.29, 1.82) is 0 Å². The van der Waals surface area contributed by atoms with E-state index in [2.05, 4.69) is 0 Å². The Morgan fingerprint density at radius 1 is 1.03 bits per heavy atom. The molecule has 1 N–H and O–H groups in total. The van der Waals surface area contributed by atoms with Gasteiger partial charge in [-0.25, -0.2) is 0 Å². The molecule has 10 heteroatoms. The molecule has 3 rings (SSSR count). The van der Waals surface area contributed by atoms with Crippen molar-refractivity contribution in [3.05, 3.63) is 52.1 Å². The molecule has 0 aromatic heterocycles. The van der Waals surface area contributed by atoms with E-state index in [-0.39, 0.29) is 21.9 Å². The zero-order chi connectivity index (χ0) is 27.3. The van der Waals surface area contributed by atoms with E-state index in [0.717, 1.165) is 0 Å². The average Bonchev–Trinajstić information content (AvgIpc) is 3.13. The predicted octanol–water partition coefficient (Wildman–Crippen LogP) is 4.14. The number of Topliss-reactive ketones (excluding diaryl/α,β-unsaturated/α-hetero) is 1. The number of hydrogen-bond donors (Lipinski definition) is 1. The van der Waals surface area contributed by atoms with E-state index < -0.39 is 17.7 Å². The number of likely N-dealkylation sites (tertiary alicyclic amines) is 1. The molecule has 0 aliphatic carbocycles. The fourth-order valence-electron chi connectivity index (χ4n) is 4.35. The van der Waals surface area contributed by atoms with Gasteiger partial charge in [-0.3, -0.25) is 9.59 Å². The summed E-state index contributed by atoms with van der Waals surface area (Å²) >= 11 is 6.34. The van der Waals surface area contributed by atoms with Gasteiger partial charge in [0.05, 0.1) is 44.6 Å². The van der Waals surface area contributed by atoms with Crippen molar-refractivity contribution < 1.29 is 33.6 Å². The van der Waals surface area contributed by atoms with Crippen LogP contribution in [0, 0.1) is 0 Å². The van der Waals surface area contributed by atoms with Crippen LogP contribution in [0.3, 0.4) is 0 Å². The van der Waals surface area contributed by atoms with Crippen molar-refractivity contribution >= 4 is 29.1 Å². The number of carbonyl (C=O) groups excluding carboxylic acids is 2. The van der Waals surface area contributed by atoms with Crippen molar-refractivity contribution in [3.63, 3.8) is 0 Å². The molecule has 0 unspecified atom stereocenters. The Labute approximate surface area is 222 Å². The van der Waals surface area contributed by atoms with Gasteiger partial charge in [-0.2, -0.15) is 0 Å². The van der Waals surface area contributed by atoms with E-state index in [1.807, 2.05) is 25.9 Å². The largest absolute Gasteiger partial charge is 0.507 e. The zero-order valence-corrected chi connectivity index (χ0v) is 22.7. The molecule has 0 radical (unpaired) electrons. The second kappa shape index (κ2) is 12.2. The summed E-state index contributed by atoms with van der Waals surface area (Å²) in [7, 11) is 8.32. The SMILES string of the molecule is CCOc1ccc(C(O)=C2C(=O)C(=O)N(CCCN(C)C)[C@@H]2c2cc(OC)c(OC)c(OC)c2)cc1Cl. The minimum atomic E-state index is -0.888. The van der Waals surface area contributed by atoms with Gasteiger partial charge in [-0.15, -0.1) is 0 Å². The third kappa shape index (κ3) is 5.78. The van der Waals surface area contributed by atoms with E-state index in [4.69, 9.17) is 30.5 Å². The Kier molecular flexibility index (Phi) is 9.29. The van der Waals surface area contributed by atoms with Crippen molar-refractivity contribution in [2.24, 2.45) is 0 Å². The molecule has 1 aliphatic rings. The standard InChI is InChI=1S/C27H33ClN2O7/c1-7-37-19-10-9-16(13-18(19)28)24(31)22-23(30(27(33)25(22)32)12-8-11-29(2)3)17-14-20(34-4)26(36-6)21(15-17)35-5/h9-10,13-15,23,31H,7-8,11-12H2,1-6H3/t23-/m1/s1. The highest BCUT2D eigenvalue weighted by Gasteiger charge is 2.46. The zero-order valence-electron chi connectivity index (χ0n) is 22.0. The molecular formula is C27H33ClN2O7. The summed E-state index contributed by atoms with van der Waals surface area (Å²) in [6, 6.07) is 7.18. The molecule has 1 aliphatic heterocycles. The highest BCUT2D eigenvalue weighted by Crippen LogP contribution is 2.46. The second-order valence-corrected chi connectivity index (χ2v) is 9.09. The third-order valence-corrected chi connectivity index (χ3v) is 6.35. The van der Waals surface area contributed by atoms with Crippen LogP contribution in [0.5, 0.6) is 23.0 Å². The summed E-state index contributed by atoms with van der Waals surface area (Å²) < 4.78 is 21.9. The number of halogens is 1. The van der Waals surface area contributed by atoms with Crippen LogP contribution in [-0.4, -0.2) is 81.7 Å². The van der Waals surface area contributed by atoms with E-state index in [1.54, 1.807) is 24.3 Å². The van der Waals surface area contributed by atoms with Crippen LogP contribution >= 0.6 is 11.6 Å². The van der Waals surface area contributed by atoms with Gasteiger partial charge in [0.25, 0.3) is 11.7 Å². The van der Waals surface area contributed by atoms with Crippen LogP contribution in [0.15, 0.2) is 35.9 Å². The molecule has 1 fully saturated rings. The number of amides is 1. The molecule has 0 spiro atoms. The lowest BCUT2D eigenvalue weighted by atomic mass is 9.94. The number of benzene rings is 2. The van der Waals surface area contributed by atoms with Crippen LogP contribution in [-0.2, 0) is 9.59 Å². The van der Waals surface area contributed by atoms with Gasteiger partial charge in [-0.05, 0) is 69.9 Å². The monoisotopic (exact) mass is 532 g/mol. The first-order valence-electron chi connectivity index (χ1n) is 11.8. The Bertz CT molecular complexity index is 1170. The summed E-state index contributed by atoms with van der Waals surface area (Å²) in [5, 5.41) is 11.6. The van der Waals surface area contributed by atoms with Gasteiger partial charge in [-0.1, -0.05) is 11.6 Å². The number of hydrogen-bond acceptors (Lipinski definition) is 8. The third-order valence-electron chi connectivity index (χ3n) is 6.05. The van der Waals surface area contributed by atoms with Crippen LogP contribution in [0.25, 0.3) is 5.76 Å². The normalized spacial score (nSPS) is 16.9. The van der Waals surface area contributed by atoms with Gasteiger partial charge in [0.15, 0.2) is 11.5 Å². The second-order valence-electron chi connectivity index (χ2n) is 8.69. The van der Waals surface area contributed by atoms with Crippen LogP contribution < -0.4 is 18.9 Å². The Morgan fingerprint density at radius 3 is 2.19 bits per heavy atom. The predicted molar refractivity (Wildman–Crippen MR) is 141 cm³/mol. The highest BCUT2D eigenvalue weighted by atomic mass is 35.5. The smallest absolute Gasteiger partial charge is 0.295 e. The minimum Gasteiger partial charge on any atom is -0.507 e. The molecule has 37 heavy (non-hydrogen) atoms. The van der Waals surface area contributed by atoms with E-state index in [9.17, 15) is 14.7 Å². The number of methoxy groups -OCH3 is 3. The number of carbonyl (C=O) groups is 2. The maximum absolute atomic E-state index is 13.3. The van der Waals surface area contributed by atoms with Crippen molar-refractivity contribution in [2.45, 2.75) is 19.4 Å². The number of aliphatic hydroxyl groups excluding tert-OH is 1. The molecule has 0 bridgehead atoms. The lowest BCUT2D eigenvalue weighted by Gasteiger charge is -2.27. The van der Waals surface area contributed by atoms with Crippen LogP contribution in [0.4, 0.5) is 0 Å². The molecule has 9 nitrogen and oxygen atoms in total. The van der Waals surface area contributed by atoms with Gasteiger partial charge in [0.2, 0.25) is 5.75 Å². The average molecular weight is 533 g/mol. The van der Waals surface area contributed by atoms with Crippen LogP contribution in [0.2, 0.25) is 5.02 Å². The molecule has 1 saturated heterocycles. The Balaban J connectivity index is 2.21. The summed E-state index contributed by atoms with van der Waals surface area (Å²) in [6.45, 7) is 3.26. The fourth-order valence-corrected chi connectivity index (χ4v) is 4.59. The molecular weight excluding hydrogens is 500 g/mol. The maximum Gasteiger partial charge on any atom is 0.295 e. The molecule has 1 atom stereocenters. The van der Waals surface area contributed by atoms with E-state index >= 15 is 0 Å².